The summed E-state index contributed by atoms with van der Waals surface area (Å²) < 4.78 is 31.4. The molecule has 3 N–H and O–H groups in total. The summed E-state index contributed by atoms with van der Waals surface area (Å²) in [5.41, 5.74) is 5.62. The van der Waals surface area contributed by atoms with Gasteiger partial charge in [0.05, 0.1) is 6.54 Å². The van der Waals surface area contributed by atoms with E-state index >= 15 is 0 Å². The van der Waals surface area contributed by atoms with Crippen molar-refractivity contribution >= 4 is 10.0 Å². The smallest absolute Gasteiger partial charge is 0.273 e. The van der Waals surface area contributed by atoms with Gasteiger partial charge in [-0.2, -0.15) is 0 Å². The Hall–Kier alpha value is -0.850. The van der Waals surface area contributed by atoms with E-state index in [-0.39, 0.29) is 17.1 Å². The van der Waals surface area contributed by atoms with Crippen molar-refractivity contribution in [2.75, 3.05) is 6.54 Å². The lowest BCUT2D eigenvalue weighted by molar-refractivity contribution is 0.411. The molecule has 0 spiro atoms. The summed E-state index contributed by atoms with van der Waals surface area (Å²) in [6.07, 6.45) is 1.06. The SMILES string of the molecule is CC1(C)CC1CNS(=O)(=O)c1ccc(CN)o1. The second-order valence-corrected chi connectivity index (χ2v) is 6.86. The van der Waals surface area contributed by atoms with Crippen LogP contribution < -0.4 is 10.5 Å². The van der Waals surface area contributed by atoms with Gasteiger partial charge in [-0.15, -0.1) is 0 Å². The Labute approximate surface area is 101 Å². The van der Waals surface area contributed by atoms with Crippen LogP contribution in [-0.2, 0) is 16.6 Å². The summed E-state index contributed by atoms with van der Waals surface area (Å²) in [6, 6.07) is 3.01. The molecule has 1 aliphatic carbocycles. The van der Waals surface area contributed by atoms with Crippen LogP contribution in [0.3, 0.4) is 0 Å². The van der Waals surface area contributed by atoms with Gasteiger partial charge in [-0.1, -0.05) is 13.8 Å². The number of hydrogen-bond donors (Lipinski definition) is 2. The van der Waals surface area contributed by atoms with Crippen LogP contribution in [0.1, 0.15) is 26.0 Å². The van der Waals surface area contributed by atoms with Crippen molar-refractivity contribution in [1.29, 1.82) is 0 Å². The van der Waals surface area contributed by atoms with Crippen molar-refractivity contribution in [2.24, 2.45) is 17.1 Å². The molecule has 17 heavy (non-hydrogen) atoms. The van der Waals surface area contributed by atoms with Crippen LogP contribution in [0.4, 0.5) is 0 Å². The van der Waals surface area contributed by atoms with Gasteiger partial charge in [-0.05, 0) is 29.9 Å². The molecule has 1 unspecified atom stereocenters. The van der Waals surface area contributed by atoms with Gasteiger partial charge in [0.1, 0.15) is 5.76 Å². The van der Waals surface area contributed by atoms with E-state index < -0.39 is 10.0 Å². The Morgan fingerprint density at radius 3 is 2.65 bits per heavy atom. The van der Waals surface area contributed by atoms with Crippen molar-refractivity contribution in [2.45, 2.75) is 31.9 Å². The van der Waals surface area contributed by atoms with Crippen molar-refractivity contribution in [1.82, 2.24) is 4.72 Å². The highest BCUT2D eigenvalue weighted by Crippen LogP contribution is 2.51. The highest BCUT2D eigenvalue weighted by Gasteiger charge is 2.45. The molecule has 6 heteroatoms. The Morgan fingerprint density at radius 2 is 2.18 bits per heavy atom. The van der Waals surface area contributed by atoms with E-state index in [0.29, 0.717) is 18.2 Å². The molecule has 1 aromatic rings. The molecule has 1 atom stereocenters. The largest absolute Gasteiger partial charge is 0.447 e. The Balaban J connectivity index is 1.99. The molecule has 1 aliphatic rings. The lowest BCUT2D eigenvalue weighted by Gasteiger charge is -2.05. The standard InChI is InChI=1S/C11H18N2O3S/c1-11(2)5-8(11)7-13-17(14,15)10-4-3-9(6-12)16-10/h3-4,8,13H,5-7,12H2,1-2H3. The number of rotatable bonds is 5. The highest BCUT2D eigenvalue weighted by atomic mass is 32.2. The van der Waals surface area contributed by atoms with E-state index in [9.17, 15) is 8.42 Å². The molecule has 1 saturated carbocycles. The van der Waals surface area contributed by atoms with Crippen LogP contribution >= 0.6 is 0 Å². The average molecular weight is 258 g/mol. The third-order valence-corrected chi connectivity index (χ3v) is 4.64. The maximum Gasteiger partial charge on any atom is 0.273 e. The minimum Gasteiger partial charge on any atom is -0.447 e. The number of nitrogens with one attached hydrogen (secondary N) is 1. The van der Waals surface area contributed by atoms with Gasteiger partial charge < -0.3 is 10.2 Å². The molecule has 1 fully saturated rings. The average Bonchev–Trinajstić information content (AvgIpc) is 2.68. The second-order valence-electron chi connectivity index (χ2n) is 5.17. The van der Waals surface area contributed by atoms with Crippen LogP contribution in [0, 0.1) is 11.3 Å². The van der Waals surface area contributed by atoms with Gasteiger partial charge in [0.2, 0.25) is 5.09 Å². The summed E-state index contributed by atoms with van der Waals surface area (Å²) in [6.45, 7) is 4.93. The molecule has 0 saturated heterocycles. The lowest BCUT2D eigenvalue weighted by Crippen LogP contribution is -2.26. The van der Waals surface area contributed by atoms with Gasteiger partial charge in [0.15, 0.2) is 0 Å². The van der Waals surface area contributed by atoms with E-state index in [0.717, 1.165) is 6.42 Å². The van der Waals surface area contributed by atoms with Gasteiger partial charge in [-0.25, -0.2) is 13.1 Å². The first-order valence-electron chi connectivity index (χ1n) is 5.63. The molecule has 0 aromatic carbocycles. The number of furan rings is 1. The Kier molecular flexibility index (Phi) is 3.05. The minimum absolute atomic E-state index is 0.0589. The van der Waals surface area contributed by atoms with Crippen molar-refractivity contribution < 1.29 is 12.8 Å². The van der Waals surface area contributed by atoms with Gasteiger partial charge >= 0.3 is 0 Å². The zero-order valence-electron chi connectivity index (χ0n) is 10.1. The van der Waals surface area contributed by atoms with E-state index in [4.69, 9.17) is 10.2 Å². The maximum absolute atomic E-state index is 11.9. The lowest BCUT2D eigenvalue weighted by atomic mass is 10.1. The van der Waals surface area contributed by atoms with E-state index in [1.165, 1.54) is 6.07 Å². The number of sulfonamides is 1. The van der Waals surface area contributed by atoms with E-state index in [2.05, 4.69) is 18.6 Å². The van der Waals surface area contributed by atoms with Crippen LogP contribution in [0.5, 0.6) is 0 Å². The molecule has 2 rings (SSSR count). The van der Waals surface area contributed by atoms with Gasteiger partial charge in [0, 0.05) is 6.54 Å². The second kappa shape index (κ2) is 4.12. The molecular weight excluding hydrogens is 240 g/mol. The molecule has 96 valence electrons. The minimum atomic E-state index is -3.53. The molecule has 0 amide bonds. The van der Waals surface area contributed by atoms with Crippen molar-refractivity contribution in [3.63, 3.8) is 0 Å². The van der Waals surface area contributed by atoms with Crippen LogP contribution in [0.2, 0.25) is 0 Å². The molecule has 5 nitrogen and oxygen atoms in total. The monoisotopic (exact) mass is 258 g/mol. The van der Waals surface area contributed by atoms with Crippen LogP contribution in [-0.4, -0.2) is 15.0 Å². The summed E-state index contributed by atoms with van der Waals surface area (Å²) >= 11 is 0. The molecule has 1 heterocycles. The molecule has 0 bridgehead atoms. The first-order valence-corrected chi connectivity index (χ1v) is 7.12. The molecule has 0 radical (unpaired) electrons. The van der Waals surface area contributed by atoms with E-state index in [1.807, 2.05) is 0 Å². The quantitative estimate of drug-likeness (QED) is 0.827. The zero-order chi connectivity index (χ0) is 12.7. The maximum atomic E-state index is 11.9. The fraction of sp³-hybridized carbons (Fsp3) is 0.636. The topological polar surface area (TPSA) is 85.3 Å². The first-order chi connectivity index (χ1) is 7.85. The normalized spacial score (nSPS) is 22.6. The Bertz CT molecular complexity index is 505. The fourth-order valence-electron chi connectivity index (χ4n) is 1.82. The summed E-state index contributed by atoms with van der Waals surface area (Å²) in [5, 5.41) is -0.0589. The van der Waals surface area contributed by atoms with Gasteiger partial charge in [-0.3, -0.25) is 0 Å². The van der Waals surface area contributed by atoms with Crippen molar-refractivity contribution in [3.8, 4) is 0 Å². The summed E-state index contributed by atoms with van der Waals surface area (Å²) in [5.74, 6) is 0.887. The van der Waals surface area contributed by atoms with Crippen LogP contribution in [0.25, 0.3) is 0 Å². The zero-order valence-corrected chi connectivity index (χ0v) is 10.9. The third kappa shape index (κ3) is 2.70. The number of nitrogens with two attached hydrogens (primary N) is 1. The van der Waals surface area contributed by atoms with E-state index in [1.54, 1.807) is 6.07 Å². The molecule has 0 aliphatic heterocycles. The molecular formula is C11H18N2O3S. The number of hydrogen-bond acceptors (Lipinski definition) is 4. The fourth-order valence-corrected chi connectivity index (χ4v) is 2.85. The summed E-state index contributed by atoms with van der Waals surface area (Å²) in [4.78, 5) is 0. The first kappa shape index (κ1) is 12.6. The highest BCUT2D eigenvalue weighted by molar-refractivity contribution is 7.89. The van der Waals surface area contributed by atoms with Crippen molar-refractivity contribution in [3.05, 3.63) is 17.9 Å². The van der Waals surface area contributed by atoms with Gasteiger partial charge in [0.25, 0.3) is 10.0 Å². The third-order valence-electron chi connectivity index (χ3n) is 3.34. The molecule has 1 aromatic heterocycles. The predicted molar refractivity (Wildman–Crippen MR) is 63.7 cm³/mol. The summed E-state index contributed by atoms with van der Waals surface area (Å²) in [7, 11) is -3.53. The van der Waals surface area contributed by atoms with Crippen LogP contribution in [0.15, 0.2) is 21.6 Å². The Morgan fingerprint density at radius 1 is 1.53 bits per heavy atom. The predicted octanol–water partition coefficient (Wildman–Crippen LogP) is 1.06.